The van der Waals surface area contributed by atoms with Crippen LogP contribution in [0.1, 0.15) is 15.9 Å². The number of primary amides is 1. The molecule has 6 heteroatoms. The number of carboxylic acid groups (broad SMARTS) is 1. The Morgan fingerprint density at radius 3 is 2.27 bits per heavy atom. The summed E-state index contributed by atoms with van der Waals surface area (Å²) in [5.41, 5.74) is 6.70. The highest BCUT2D eigenvalue weighted by molar-refractivity contribution is 5.88. The van der Waals surface area contributed by atoms with E-state index in [0.717, 1.165) is 5.56 Å². The zero-order valence-corrected chi connectivity index (χ0v) is 11.6. The van der Waals surface area contributed by atoms with Gasteiger partial charge in [-0.1, -0.05) is 0 Å². The third kappa shape index (κ3) is 4.45. The van der Waals surface area contributed by atoms with E-state index in [-0.39, 0.29) is 12.2 Å². The Labute approximate surface area is 126 Å². The zero-order chi connectivity index (χ0) is 15.9. The molecule has 2 aromatic carbocycles. The quantitative estimate of drug-likeness (QED) is 0.796. The number of hydrogen-bond acceptors (Lipinski definition) is 4. The van der Waals surface area contributed by atoms with E-state index in [4.69, 9.17) is 15.6 Å². The van der Waals surface area contributed by atoms with Crippen LogP contribution in [0.4, 0.5) is 5.69 Å². The summed E-state index contributed by atoms with van der Waals surface area (Å²) in [7, 11) is 0. The number of carbonyl (C=O) groups is 2. The van der Waals surface area contributed by atoms with Crippen molar-refractivity contribution < 1.29 is 19.4 Å². The van der Waals surface area contributed by atoms with E-state index in [2.05, 4.69) is 4.99 Å². The number of ether oxygens (including phenoxy) is 1. The van der Waals surface area contributed by atoms with E-state index in [1.165, 1.54) is 12.1 Å². The summed E-state index contributed by atoms with van der Waals surface area (Å²) in [6, 6.07) is 13.2. The molecule has 0 heterocycles. The molecule has 0 aromatic heterocycles. The number of carbonyl (C=O) groups excluding carboxylic acids is 1. The van der Waals surface area contributed by atoms with Gasteiger partial charge in [-0.15, -0.1) is 0 Å². The topological polar surface area (TPSA) is 102 Å². The van der Waals surface area contributed by atoms with Crippen molar-refractivity contribution in [3.63, 3.8) is 0 Å². The van der Waals surface area contributed by atoms with E-state index in [1.807, 2.05) is 0 Å². The number of nitrogens with zero attached hydrogens (tertiary/aromatic N) is 1. The SMILES string of the molecule is NC(=O)COc1ccc(C=Nc2ccc(C(=O)O)cc2)cc1. The lowest BCUT2D eigenvalue weighted by atomic mass is 10.2. The summed E-state index contributed by atoms with van der Waals surface area (Å²) >= 11 is 0. The highest BCUT2D eigenvalue weighted by Gasteiger charge is 2.00. The molecule has 0 aliphatic heterocycles. The van der Waals surface area contributed by atoms with Crippen molar-refractivity contribution in [2.24, 2.45) is 10.7 Å². The molecule has 0 bridgehead atoms. The fraction of sp³-hybridized carbons (Fsp3) is 0.0625. The molecular formula is C16H14N2O4. The van der Waals surface area contributed by atoms with Crippen molar-refractivity contribution in [3.8, 4) is 5.75 Å². The Morgan fingerprint density at radius 1 is 1.09 bits per heavy atom. The molecule has 22 heavy (non-hydrogen) atoms. The molecule has 6 nitrogen and oxygen atoms in total. The first kappa shape index (κ1) is 15.2. The molecule has 0 unspecified atom stereocenters. The minimum Gasteiger partial charge on any atom is -0.484 e. The monoisotopic (exact) mass is 298 g/mol. The predicted octanol–water partition coefficient (Wildman–Crippen LogP) is 2.00. The molecule has 0 radical (unpaired) electrons. The number of aromatic carboxylic acids is 1. The fourth-order valence-corrected chi connectivity index (χ4v) is 1.64. The van der Waals surface area contributed by atoms with Gasteiger partial charge in [0.25, 0.3) is 5.91 Å². The molecular weight excluding hydrogens is 284 g/mol. The van der Waals surface area contributed by atoms with Crippen molar-refractivity contribution >= 4 is 23.8 Å². The van der Waals surface area contributed by atoms with Crippen LogP contribution in [0.15, 0.2) is 53.5 Å². The van der Waals surface area contributed by atoms with Gasteiger partial charge in [-0.2, -0.15) is 0 Å². The van der Waals surface area contributed by atoms with Crippen molar-refractivity contribution in [2.45, 2.75) is 0 Å². The summed E-state index contributed by atoms with van der Waals surface area (Å²) in [5.74, 6) is -0.959. The van der Waals surface area contributed by atoms with Crippen LogP contribution in [0, 0.1) is 0 Å². The van der Waals surface area contributed by atoms with Gasteiger partial charge < -0.3 is 15.6 Å². The first-order chi connectivity index (χ1) is 10.5. The smallest absolute Gasteiger partial charge is 0.335 e. The second-order valence-corrected chi connectivity index (χ2v) is 4.43. The maximum Gasteiger partial charge on any atom is 0.335 e. The molecule has 2 rings (SSSR count). The first-order valence-corrected chi connectivity index (χ1v) is 6.43. The van der Waals surface area contributed by atoms with Gasteiger partial charge in [-0.25, -0.2) is 4.79 Å². The van der Waals surface area contributed by atoms with Crippen molar-refractivity contribution in [1.82, 2.24) is 0 Å². The van der Waals surface area contributed by atoms with Gasteiger partial charge in [-0.3, -0.25) is 9.79 Å². The summed E-state index contributed by atoms with van der Waals surface area (Å²) in [5, 5.41) is 8.81. The Bertz CT molecular complexity index is 691. The summed E-state index contributed by atoms with van der Waals surface area (Å²) in [4.78, 5) is 25.6. The van der Waals surface area contributed by atoms with Gasteiger partial charge in [0.15, 0.2) is 6.61 Å². The minimum atomic E-state index is -0.970. The molecule has 0 aliphatic carbocycles. The lowest BCUT2D eigenvalue weighted by Gasteiger charge is -2.03. The Balaban J connectivity index is 2.00. The number of nitrogens with two attached hydrogens (primary N) is 1. The molecule has 0 fully saturated rings. The largest absolute Gasteiger partial charge is 0.484 e. The summed E-state index contributed by atoms with van der Waals surface area (Å²) in [6.07, 6.45) is 1.65. The number of aliphatic imine (C=N–C) groups is 1. The number of amides is 1. The number of carboxylic acids is 1. The minimum absolute atomic E-state index is 0.163. The second-order valence-electron chi connectivity index (χ2n) is 4.43. The zero-order valence-electron chi connectivity index (χ0n) is 11.6. The van der Waals surface area contributed by atoms with Crippen LogP contribution in [-0.4, -0.2) is 29.8 Å². The van der Waals surface area contributed by atoms with Gasteiger partial charge >= 0.3 is 5.97 Å². The van der Waals surface area contributed by atoms with Crippen LogP contribution in [0.3, 0.4) is 0 Å². The predicted molar refractivity (Wildman–Crippen MR) is 81.8 cm³/mol. The average Bonchev–Trinajstić information content (AvgIpc) is 2.52. The summed E-state index contributed by atoms with van der Waals surface area (Å²) in [6.45, 7) is -0.163. The van der Waals surface area contributed by atoms with E-state index in [0.29, 0.717) is 11.4 Å². The molecule has 0 atom stereocenters. The molecule has 112 valence electrons. The van der Waals surface area contributed by atoms with Crippen LogP contribution in [0.5, 0.6) is 5.75 Å². The third-order valence-corrected chi connectivity index (χ3v) is 2.74. The van der Waals surface area contributed by atoms with E-state index >= 15 is 0 Å². The van der Waals surface area contributed by atoms with Gasteiger partial charge in [0.1, 0.15) is 5.75 Å². The molecule has 0 aliphatic rings. The Hall–Kier alpha value is -3.15. The van der Waals surface area contributed by atoms with Gasteiger partial charge in [0, 0.05) is 6.21 Å². The van der Waals surface area contributed by atoms with Crippen molar-refractivity contribution in [3.05, 3.63) is 59.7 Å². The fourth-order valence-electron chi connectivity index (χ4n) is 1.64. The van der Waals surface area contributed by atoms with Crippen molar-refractivity contribution in [1.29, 1.82) is 0 Å². The van der Waals surface area contributed by atoms with Crippen LogP contribution < -0.4 is 10.5 Å². The number of rotatable bonds is 6. The van der Waals surface area contributed by atoms with Gasteiger partial charge in [-0.05, 0) is 54.1 Å². The molecule has 1 amide bonds. The highest BCUT2D eigenvalue weighted by Crippen LogP contribution is 2.15. The highest BCUT2D eigenvalue weighted by atomic mass is 16.5. The lowest BCUT2D eigenvalue weighted by molar-refractivity contribution is -0.119. The molecule has 0 spiro atoms. The average molecular weight is 298 g/mol. The Morgan fingerprint density at radius 2 is 1.73 bits per heavy atom. The third-order valence-electron chi connectivity index (χ3n) is 2.74. The number of benzene rings is 2. The first-order valence-electron chi connectivity index (χ1n) is 6.43. The van der Waals surface area contributed by atoms with E-state index in [1.54, 1.807) is 42.6 Å². The molecule has 2 aromatic rings. The maximum atomic E-state index is 10.7. The number of hydrogen-bond donors (Lipinski definition) is 2. The normalized spacial score (nSPS) is 10.5. The van der Waals surface area contributed by atoms with Crippen LogP contribution in [-0.2, 0) is 4.79 Å². The van der Waals surface area contributed by atoms with E-state index in [9.17, 15) is 9.59 Å². The van der Waals surface area contributed by atoms with Crippen LogP contribution in [0.2, 0.25) is 0 Å². The maximum absolute atomic E-state index is 10.7. The second kappa shape index (κ2) is 7.03. The Kier molecular flexibility index (Phi) is 4.87. The van der Waals surface area contributed by atoms with Crippen LogP contribution in [0.25, 0.3) is 0 Å². The van der Waals surface area contributed by atoms with Crippen molar-refractivity contribution in [2.75, 3.05) is 6.61 Å². The van der Waals surface area contributed by atoms with Gasteiger partial charge in [0.2, 0.25) is 0 Å². The summed E-state index contributed by atoms with van der Waals surface area (Å²) < 4.78 is 5.15. The van der Waals surface area contributed by atoms with E-state index < -0.39 is 11.9 Å². The lowest BCUT2D eigenvalue weighted by Crippen LogP contribution is -2.19. The standard InChI is InChI=1S/C16H14N2O4/c17-15(19)10-22-14-7-1-11(2-8-14)9-18-13-5-3-12(4-6-13)16(20)21/h1-9H,10H2,(H2,17,19)(H,20,21). The molecule has 0 saturated carbocycles. The van der Waals surface area contributed by atoms with Crippen LogP contribution >= 0.6 is 0 Å². The molecule has 3 N–H and O–H groups in total. The van der Waals surface area contributed by atoms with Gasteiger partial charge in [0.05, 0.1) is 11.3 Å². The molecule has 0 saturated heterocycles.